The minimum Gasteiger partial charge on any atom is -0.481 e. The highest BCUT2D eigenvalue weighted by Gasteiger charge is 2.22. The summed E-state index contributed by atoms with van der Waals surface area (Å²) in [6.45, 7) is 5.54. The Bertz CT molecular complexity index is 701. The first-order valence-electron chi connectivity index (χ1n) is 6.84. The van der Waals surface area contributed by atoms with Crippen LogP contribution in [0.15, 0.2) is 29.6 Å². The van der Waals surface area contributed by atoms with Gasteiger partial charge in [-0.15, -0.1) is 11.3 Å². The number of benzene rings is 1. The zero-order valence-electron chi connectivity index (χ0n) is 12.7. The normalized spacial score (nSPS) is 11.2. The summed E-state index contributed by atoms with van der Waals surface area (Å²) >= 11 is 1.37. The maximum absolute atomic E-state index is 12.2. The standard InChI is InChI=1S/C16H18N2O3S/c1-16(2,3)15(21)18-12-7-5-4-6-11(12)14-17-10(9-22-14)8-13(19)20/h4-7,9H,8H2,1-3H3,(H,18,21)(H,19,20). The van der Waals surface area contributed by atoms with E-state index in [1.165, 1.54) is 11.3 Å². The quantitative estimate of drug-likeness (QED) is 0.905. The van der Waals surface area contributed by atoms with Crippen molar-refractivity contribution in [2.75, 3.05) is 5.32 Å². The molecule has 1 amide bonds. The van der Waals surface area contributed by atoms with Gasteiger partial charge in [-0.3, -0.25) is 9.59 Å². The Morgan fingerprint density at radius 3 is 2.59 bits per heavy atom. The molecule has 6 heteroatoms. The van der Waals surface area contributed by atoms with Crippen LogP contribution in [0.1, 0.15) is 26.5 Å². The van der Waals surface area contributed by atoms with Crippen molar-refractivity contribution in [1.82, 2.24) is 4.98 Å². The number of hydrogen-bond acceptors (Lipinski definition) is 4. The molecule has 1 aromatic heterocycles. The lowest BCUT2D eigenvalue weighted by Gasteiger charge is -2.18. The molecule has 5 nitrogen and oxygen atoms in total. The van der Waals surface area contributed by atoms with Crippen LogP contribution in [0.4, 0.5) is 5.69 Å². The Hall–Kier alpha value is -2.21. The number of amides is 1. The monoisotopic (exact) mass is 318 g/mol. The van der Waals surface area contributed by atoms with Crippen molar-refractivity contribution in [2.24, 2.45) is 5.41 Å². The molecular formula is C16H18N2O3S. The number of carbonyl (C=O) groups excluding carboxylic acids is 1. The van der Waals surface area contributed by atoms with Gasteiger partial charge in [0.05, 0.1) is 17.8 Å². The van der Waals surface area contributed by atoms with Crippen LogP contribution in [0.2, 0.25) is 0 Å². The van der Waals surface area contributed by atoms with Crippen molar-refractivity contribution >= 4 is 28.9 Å². The number of carbonyl (C=O) groups is 2. The fraction of sp³-hybridized carbons (Fsp3) is 0.312. The Morgan fingerprint density at radius 2 is 1.95 bits per heavy atom. The van der Waals surface area contributed by atoms with Crippen LogP contribution in [-0.2, 0) is 16.0 Å². The third-order valence-electron chi connectivity index (χ3n) is 2.97. The van der Waals surface area contributed by atoms with E-state index < -0.39 is 11.4 Å². The van der Waals surface area contributed by atoms with Crippen LogP contribution < -0.4 is 5.32 Å². The highest BCUT2D eigenvalue weighted by atomic mass is 32.1. The van der Waals surface area contributed by atoms with Crippen LogP contribution in [0.5, 0.6) is 0 Å². The number of anilines is 1. The first kappa shape index (κ1) is 16.2. The van der Waals surface area contributed by atoms with E-state index >= 15 is 0 Å². The average Bonchev–Trinajstić information content (AvgIpc) is 2.85. The molecule has 116 valence electrons. The molecule has 0 spiro atoms. The second-order valence-electron chi connectivity index (χ2n) is 5.96. The van der Waals surface area contributed by atoms with Crippen LogP contribution in [-0.4, -0.2) is 22.0 Å². The molecule has 1 aromatic carbocycles. The SMILES string of the molecule is CC(C)(C)C(=O)Nc1ccccc1-c1nc(CC(=O)O)cs1. The van der Waals surface area contributed by atoms with E-state index in [-0.39, 0.29) is 12.3 Å². The molecular weight excluding hydrogens is 300 g/mol. The van der Waals surface area contributed by atoms with Gasteiger partial charge in [-0.25, -0.2) is 4.98 Å². The molecule has 0 atom stereocenters. The molecule has 1 heterocycles. The molecule has 0 fully saturated rings. The molecule has 0 unspecified atom stereocenters. The Balaban J connectivity index is 2.30. The molecule has 0 aliphatic rings. The smallest absolute Gasteiger partial charge is 0.309 e. The van der Waals surface area contributed by atoms with Crippen LogP contribution in [0, 0.1) is 5.41 Å². The van der Waals surface area contributed by atoms with Gasteiger partial charge < -0.3 is 10.4 Å². The minimum atomic E-state index is -0.911. The van der Waals surface area contributed by atoms with Crippen LogP contribution >= 0.6 is 11.3 Å². The van der Waals surface area contributed by atoms with Gasteiger partial charge in [0, 0.05) is 16.4 Å². The van der Waals surface area contributed by atoms with Crippen molar-refractivity contribution in [3.63, 3.8) is 0 Å². The highest BCUT2D eigenvalue weighted by molar-refractivity contribution is 7.13. The second-order valence-corrected chi connectivity index (χ2v) is 6.82. The Kier molecular flexibility index (Phi) is 4.61. The topological polar surface area (TPSA) is 79.3 Å². The molecule has 0 bridgehead atoms. The minimum absolute atomic E-state index is 0.0812. The second kappa shape index (κ2) is 6.27. The molecule has 0 aliphatic heterocycles. The molecule has 0 aliphatic carbocycles. The number of thiazole rings is 1. The number of aliphatic carboxylic acids is 1. The van der Waals surface area contributed by atoms with E-state index in [9.17, 15) is 9.59 Å². The summed E-state index contributed by atoms with van der Waals surface area (Å²) in [5, 5.41) is 14.2. The van der Waals surface area contributed by atoms with E-state index in [4.69, 9.17) is 5.11 Å². The fourth-order valence-electron chi connectivity index (χ4n) is 1.76. The van der Waals surface area contributed by atoms with Gasteiger partial charge >= 0.3 is 5.97 Å². The zero-order valence-corrected chi connectivity index (χ0v) is 13.5. The van der Waals surface area contributed by atoms with E-state index in [2.05, 4.69) is 10.3 Å². The lowest BCUT2D eigenvalue weighted by Crippen LogP contribution is -2.27. The van der Waals surface area contributed by atoms with E-state index in [0.29, 0.717) is 16.4 Å². The van der Waals surface area contributed by atoms with E-state index in [1.807, 2.05) is 45.0 Å². The zero-order chi connectivity index (χ0) is 16.3. The van der Waals surface area contributed by atoms with Crippen molar-refractivity contribution in [3.8, 4) is 10.6 Å². The molecule has 0 radical (unpaired) electrons. The summed E-state index contributed by atoms with van der Waals surface area (Å²) in [7, 11) is 0. The largest absolute Gasteiger partial charge is 0.481 e. The number of hydrogen-bond donors (Lipinski definition) is 2. The van der Waals surface area contributed by atoms with E-state index in [1.54, 1.807) is 5.38 Å². The van der Waals surface area contributed by atoms with Gasteiger partial charge in [-0.2, -0.15) is 0 Å². The fourth-order valence-corrected chi connectivity index (χ4v) is 2.61. The maximum atomic E-state index is 12.2. The number of para-hydroxylation sites is 1. The third kappa shape index (κ3) is 3.92. The number of carboxylic acids is 1. The molecule has 0 saturated heterocycles. The predicted octanol–water partition coefficient (Wildman–Crippen LogP) is 3.42. The van der Waals surface area contributed by atoms with Crippen LogP contribution in [0.3, 0.4) is 0 Å². The molecule has 22 heavy (non-hydrogen) atoms. The molecule has 2 rings (SSSR count). The van der Waals surface area contributed by atoms with Gasteiger partial charge in [0.1, 0.15) is 5.01 Å². The summed E-state index contributed by atoms with van der Waals surface area (Å²) in [6.07, 6.45) is -0.104. The average molecular weight is 318 g/mol. The summed E-state index contributed by atoms with van der Waals surface area (Å²) in [5.41, 5.74) is 1.50. The number of carboxylic acid groups (broad SMARTS) is 1. The molecule has 2 aromatic rings. The Morgan fingerprint density at radius 1 is 1.27 bits per heavy atom. The number of nitrogens with zero attached hydrogens (tertiary/aromatic N) is 1. The lowest BCUT2D eigenvalue weighted by atomic mass is 9.95. The van der Waals surface area contributed by atoms with Crippen molar-refractivity contribution in [1.29, 1.82) is 0 Å². The van der Waals surface area contributed by atoms with Crippen molar-refractivity contribution < 1.29 is 14.7 Å². The summed E-state index contributed by atoms with van der Waals surface area (Å²) in [4.78, 5) is 27.2. The van der Waals surface area contributed by atoms with Crippen molar-refractivity contribution in [3.05, 3.63) is 35.3 Å². The predicted molar refractivity (Wildman–Crippen MR) is 87.0 cm³/mol. The Labute approximate surface area is 133 Å². The van der Waals surface area contributed by atoms with E-state index in [0.717, 1.165) is 5.56 Å². The lowest BCUT2D eigenvalue weighted by molar-refractivity contribution is -0.136. The van der Waals surface area contributed by atoms with Gasteiger partial charge in [-0.05, 0) is 12.1 Å². The van der Waals surface area contributed by atoms with Gasteiger partial charge in [0.25, 0.3) is 0 Å². The third-order valence-corrected chi connectivity index (χ3v) is 3.90. The molecule has 0 saturated carbocycles. The van der Waals surface area contributed by atoms with Gasteiger partial charge in [0.2, 0.25) is 5.91 Å². The van der Waals surface area contributed by atoms with Crippen molar-refractivity contribution in [2.45, 2.75) is 27.2 Å². The summed E-state index contributed by atoms with van der Waals surface area (Å²) in [5.74, 6) is -0.992. The maximum Gasteiger partial charge on any atom is 0.309 e. The number of rotatable bonds is 4. The summed E-state index contributed by atoms with van der Waals surface area (Å²) in [6, 6.07) is 7.38. The first-order chi connectivity index (χ1) is 10.3. The highest BCUT2D eigenvalue weighted by Crippen LogP contribution is 2.31. The first-order valence-corrected chi connectivity index (χ1v) is 7.72. The number of nitrogens with one attached hydrogen (secondary N) is 1. The number of aromatic nitrogens is 1. The van der Waals surface area contributed by atoms with Gasteiger partial charge in [-0.1, -0.05) is 32.9 Å². The van der Waals surface area contributed by atoms with Crippen LogP contribution in [0.25, 0.3) is 10.6 Å². The summed E-state index contributed by atoms with van der Waals surface area (Å²) < 4.78 is 0. The molecule has 2 N–H and O–H groups in total. The van der Waals surface area contributed by atoms with Gasteiger partial charge in [0.15, 0.2) is 0 Å².